The molecular weight excluding hydrogens is 375 g/mol. The van der Waals surface area contributed by atoms with Crippen LogP contribution in [0, 0.1) is 11.2 Å². The molecule has 0 unspecified atom stereocenters. The first-order chi connectivity index (χ1) is 13.9. The monoisotopic (exact) mass is 400 g/mol. The van der Waals surface area contributed by atoms with Crippen LogP contribution in [0.3, 0.4) is 0 Å². The van der Waals surface area contributed by atoms with Gasteiger partial charge in [-0.2, -0.15) is 0 Å². The Morgan fingerprint density at radius 3 is 2.59 bits per heavy atom. The summed E-state index contributed by atoms with van der Waals surface area (Å²) in [5.74, 6) is -0.625. The smallest absolute Gasteiger partial charge is 0.236 e. The summed E-state index contributed by atoms with van der Waals surface area (Å²) in [4.78, 5) is 24.1. The molecule has 2 aromatic rings. The van der Waals surface area contributed by atoms with E-state index in [2.05, 4.69) is 5.32 Å². The van der Waals surface area contributed by atoms with Crippen LogP contribution in [-0.2, 0) is 20.7 Å². The van der Waals surface area contributed by atoms with Gasteiger partial charge >= 0.3 is 0 Å². The van der Waals surface area contributed by atoms with Crippen LogP contribution in [0.15, 0.2) is 42.5 Å². The summed E-state index contributed by atoms with van der Waals surface area (Å²) < 4.78 is 24.8. The first kappa shape index (κ1) is 20.8. The normalized spacial score (nSPS) is 15.5. The Bertz CT molecular complexity index is 894. The molecular formula is C22H25FN2O4. The largest absolute Gasteiger partial charge is 0.496 e. The fourth-order valence-electron chi connectivity index (χ4n) is 3.79. The molecule has 0 bridgehead atoms. The van der Waals surface area contributed by atoms with Gasteiger partial charge in [0.05, 0.1) is 19.1 Å². The number of methoxy groups -OCH3 is 1. The first-order valence-electron chi connectivity index (χ1n) is 9.51. The van der Waals surface area contributed by atoms with Gasteiger partial charge in [0.25, 0.3) is 0 Å². The molecule has 1 aliphatic heterocycles. The predicted molar refractivity (Wildman–Crippen MR) is 107 cm³/mol. The van der Waals surface area contributed by atoms with Gasteiger partial charge in [0, 0.05) is 18.8 Å². The van der Waals surface area contributed by atoms with Crippen LogP contribution in [0.25, 0.3) is 11.1 Å². The second-order valence-electron chi connectivity index (χ2n) is 7.22. The maximum atomic E-state index is 14.0. The number of ether oxygens (including phenoxy) is 2. The van der Waals surface area contributed by atoms with Gasteiger partial charge in [-0.05, 0) is 48.6 Å². The molecule has 0 atom stereocenters. The van der Waals surface area contributed by atoms with Gasteiger partial charge in [0.1, 0.15) is 11.6 Å². The molecule has 7 heteroatoms. The average Bonchev–Trinajstić information content (AvgIpc) is 2.73. The van der Waals surface area contributed by atoms with Crippen LogP contribution in [0.1, 0.15) is 18.4 Å². The highest BCUT2D eigenvalue weighted by molar-refractivity contribution is 5.88. The second kappa shape index (κ2) is 9.05. The number of hydrogen-bond donors (Lipinski definition) is 2. The number of hydrogen-bond acceptors (Lipinski definition) is 4. The van der Waals surface area contributed by atoms with Crippen molar-refractivity contribution < 1.29 is 23.5 Å². The van der Waals surface area contributed by atoms with Gasteiger partial charge in [-0.3, -0.25) is 9.59 Å². The summed E-state index contributed by atoms with van der Waals surface area (Å²) in [5, 5.41) is 2.65. The molecule has 2 aromatic carbocycles. The third kappa shape index (κ3) is 4.74. The third-order valence-corrected chi connectivity index (χ3v) is 5.35. The number of nitrogens with two attached hydrogens (primary N) is 1. The molecule has 3 N–H and O–H groups in total. The zero-order chi connectivity index (χ0) is 20.9. The number of carbonyl (C=O) groups is 2. The number of primary amides is 1. The summed E-state index contributed by atoms with van der Waals surface area (Å²) in [7, 11) is 1.54. The molecule has 0 spiro atoms. The second-order valence-corrected chi connectivity index (χ2v) is 7.22. The zero-order valence-electron chi connectivity index (χ0n) is 16.4. The minimum Gasteiger partial charge on any atom is -0.496 e. The fraction of sp³-hybridized carbons (Fsp3) is 0.364. The number of halogens is 1. The number of rotatable bonds is 7. The van der Waals surface area contributed by atoms with E-state index in [-0.39, 0.29) is 18.3 Å². The van der Waals surface area contributed by atoms with Crippen LogP contribution in [0.5, 0.6) is 5.75 Å². The summed E-state index contributed by atoms with van der Waals surface area (Å²) >= 11 is 0. The Kier molecular flexibility index (Phi) is 6.49. The topological polar surface area (TPSA) is 90.6 Å². The molecule has 0 aromatic heterocycles. The number of amides is 2. The van der Waals surface area contributed by atoms with Crippen molar-refractivity contribution in [2.75, 3.05) is 26.9 Å². The maximum Gasteiger partial charge on any atom is 0.236 e. The van der Waals surface area contributed by atoms with Crippen molar-refractivity contribution in [2.45, 2.75) is 19.3 Å². The van der Waals surface area contributed by atoms with Gasteiger partial charge in [-0.25, -0.2) is 4.39 Å². The van der Waals surface area contributed by atoms with E-state index in [1.165, 1.54) is 19.2 Å². The molecule has 6 nitrogen and oxygen atoms in total. The zero-order valence-corrected chi connectivity index (χ0v) is 16.4. The summed E-state index contributed by atoms with van der Waals surface area (Å²) in [6.45, 7) is 0.700. The lowest BCUT2D eigenvalue weighted by molar-refractivity contribution is -0.137. The molecule has 0 radical (unpaired) electrons. The molecule has 1 saturated heterocycles. The quantitative estimate of drug-likeness (QED) is 0.747. The van der Waals surface area contributed by atoms with Crippen molar-refractivity contribution in [1.29, 1.82) is 0 Å². The lowest BCUT2D eigenvalue weighted by Crippen LogP contribution is -2.48. The minimum atomic E-state index is -0.732. The molecule has 29 heavy (non-hydrogen) atoms. The van der Waals surface area contributed by atoms with Crippen LogP contribution >= 0.6 is 0 Å². The van der Waals surface area contributed by atoms with Crippen molar-refractivity contribution in [2.24, 2.45) is 11.1 Å². The molecule has 1 aliphatic rings. The van der Waals surface area contributed by atoms with Crippen LogP contribution in [-0.4, -0.2) is 38.7 Å². The van der Waals surface area contributed by atoms with Crippen LogP contribution in [0.4, 0.5) is 4.39 Å². The van der Waals surface area contributed by atoms with Crippen molar-refractivity contribution in [3.05, 3.63) is 53.8 Å². The maximum absolute atomic E-state index is 14.0. The van der Waals surface area contributed by atoms with Crippen LogP contribution < -0.4 is 15.8 Å². The third-order valence-electron chi connectivity index (χ3n) is 5.35. The molecule has 1 fully saturated rings. The predicted octanol–water partition coefficient (Wildman–Crippen LogP) is 2.44. The molecule has 3 rings (SSSR count). The molecule has 154 valence electrons. The van der Waals surface area contributed by atoms with Crippen molar-refractivity contribution in [3.63, 3.8) is 0 Å². The van der Waals surface area contributed by atoms with Gasteiger partial charge in [0.2, 0.25) is 11.8 Å². The van der Waals surface area contributed by atoms with Crippen molar-refractivity contribution in [1.82, 2.24) is 5.32 Å². The fourth-order valence-corrected chi connectivity index (χ4v) is 3.79. The van der Waals surface area contributed by atoms with E-state index in [1.54, 1.807) is 6.07 Å². The van der Waals surface area contributed by atoms with E-state index in [1.807, 2.05) is 24.3 Å². The SMILES string of the molecule is COc1ccc(F)cc1-c1ccccc1CC1(C(=O)NCC(N)=O)CCOCC1. The highest BCUT2D eigenvalue weighted by Gasteiger charge is 2.40. The number of benzene rings is 2. The number of carbonyl (C=O) groups excluding carboxylic acids is 2. The molecule has 2 amide bonds. The van der Waals surface area contributed by atoms with E-state index in [4.69, 9.17) is 15.2 Å². The van der Waals surface area contributed by atoms with E-state index in [0.717, 1.165) is 11.1 Å². The standard InChI is InChI=1S/C22H25FN2O4/c1-28-19-7-6-16(23)12-18(19)17-5-3-2-4-15(17)13-22(8-10-29-11-9-22)21(27)25-14-20(24)26/h2-7,12H,8-11,13-14H2,1H3,(H2,24,26)(H,25,27). The lowest BCUT2D eigenvalue weighted by Gasteiger charge is -2.36. The van der Waals surface area contributed by atoms with E-state index in [0.29, 0.717) is 43.8 Å². The first-order valence-corrected chi connectivity index (χ1v) is 9.51. The van der Waals surface area contributed by atoms with Gasteiger partial charge < -0.3 is 20.5 Å². The van der Waals surface area contributed by atoms with Crippen molar-refractivity contribution >= 4 is 11.8 Å². The Balaban J connectivity index is 1.99. The highest BCUT2D eigenvalue weighted by atomic mass is 19.1. The summed E-state index contributed by atoms with van der Waals surface area (Å²) in [6.07, 6.45) is 1.47. The van der Waals surface area contributed by atoms with E-state index < -0.39 is 11.3 Å². The Labute approximate surface area is 169 Å². The van der Waals surface area contributed by atoms with Gasteiger partial charge in [0.15, 0.2) is 0 Å². The highest BCUT2D eigenvalue weighted by Crippen LogP contribution is 2.39. The molecule has 1 heterocycles. The Morgan fingerprint density at radius 2 is 1.90 bits per heavy atom. The Hall–Kier alpha value is -2.93. The van der Waals surface area contributed by atoms with Crippen LogP contribution in [0.2, 0.25) is 0 Å². The molecule has 0 aliphatic carbocycles. The van der Waals surface area contributed by atoms with Crippen molar-refractivity contribution in [3.8, 4) is 16.9 Å². The summed E-state index contributed by atoms with van der Waals surface area (Å²) in [5.41, 5.74) is 6.78. The van der Waals surface area contributed by atoms with E-state index in [9.17, 15) is 14.0 Å². The minimum absolute atomic E-state index is 0.208. The molecule has 0 saturated carbocycles. The summed E-state index contributed by atoms with van der Waals surface area (Å²) in [6, 6.07) is 11.9. The Morgan fingerprint density at radius 1 is 1.17 bits per heavy atom. The average molecular weight is 400 g/mol. The van der Waals surface area contributed by atoms with E-state index >= 15 is 0 Å². The van der Waals surface area contributed by atoms with Gasteiger partial charge in [-0.15, -0.1) is 0 Å². The van der Waals surface area contributed by atoms with Gasteiger partial charge in [-0.1, -0.05) is 24.3 Å². The lowest BCUT2D eigenvalue weighted by atomic mass is 9.73. The number of nitrogens with one attached hydrogen (secondary N) is 1.